The lowest BCUT2D eigenvalue weighted by Crippen LogP contribution is -2.33. The van der Waals surface area contributed by atoms with E-state index >= 15 is 0 Å². The molecule has 170 valence electrons. The molecule has 1 atom stereocenters. The van der Waals surface area contributed by atoms with Crippen LogP contribution in [0.25, 0.3) is 0 Å². The maximum absolute atomic E-state index is 13.4. The Morgan fingerprint density at radius 1 is 0.969 bits per heavy atom. The summed E-state index contributed by atoms with van der Waals surface area (Å²) in [7, 11) is -7.68. The second kappa shape index (κ2) is 10.2. The Morgan fingerprint density at radius 2 is 1.69 bits per heavy atom. The number of hydrogen-bond donors (Lipinski definition) is 1. The third-order valence-electron chi connectivity index (χ3n) is 4.99. The minimum atomic E-state index is -3.91. The van der Waals surface area contributed by atoms with Gasteiger partial charge < -0.3 is 4.74 Å². The van der Waals surface area contributed by atoms with Crippen molar-refractivity contribution in [2.75, 3.05) is 13.2 Å². The van der Waals surface area contributed by atoms with Gasteiger partial charge in [0.25, 0.3) is 0 Å². The molecule has 7 nitrogen and oxygen atoms in total. The lowest BCUT2D eigenvalue weighted by Gasteiger charge is -2.19. The first kappa shape index (κ1) is 23.9. The highest BCUT2D eigenvalue weighted by Gasteiger charge is 2.31. The van der Waals surface area contributed by atoms with Crippen LogP contribution in [0.2, 0.25) is 0 Å². The van der Waals surface area contributed by atoms with Crippen molar-refractivity contribution in [3.8, 4) is 5.75 Å². The van der Waals surface area contributed by atoms with Crippen LogP contribution in [0.5, 0.6) is 5.75 Å². The van der Waals surface area contributed by atoms with Crippen molar-refractivity contribution in [1.29, 1.82) is 0 Å². The van der Waals surface area contributed by atoms with Crippen LogP contribution in [-0.4, -0.2) is 35.0 Å². The van der Waals surface area contributed by atoms with Gasteiger partial charge in [-0.05, 0) is 60.9 Å². The smallest absolute Gasteiger partial charge is 0.215 e. The molecule has 0 aliphatic carbocycles. The predicted octanol–water partition coefficient (Wildman–Crippen LogP) is 3.42. The topological polar surface area (TPSA) is 102 Å². The summed E-state index contributed by atoms with van der Waals surface area (Å²) in [6.45, 7) is 3.83. The van der Waals surface area contributed by atoms with Crippen LogP contribution in [0.4, 0.5) is 0 Å². The van der Waals surface area contributed by atoms with E-state index in [1.165, 1.54) is 24.5 Å². The van der Waals surface area contributed by atoms with Crippen LogP contribution in [0.3, 0.4) is 0 Å². The van der Waals surface area contributed by atoms with E-state index in [0.29, 0.717) is 23.5 Å². The van der Waals surface area contributed by atoms with Crippen molar-refractivity contribution in [3.63, 3.8) is 0 Å². The minimum absolute atomic E-state index is 0.0768. The van der Waals surface area contributed by atoms with E-state index < -0.39 is 25.1 Å². The van der Waals surface area contributed by atoms with Gasteiger partial charge >= 0.3 is 0 Å². The SMILES string of the molecule is CCOc1ccc(S(=O)(=O)C(CNS(=O)(=O)Cc2ccccc2C)c2cccnc2)cc1. The average Bonchev–Trinajstić information content (AvgIpc) is 2.76. The van der Waals surface area contributed by atoms with Crippen molar-refractivity contribution in [2.45, 2.75) is 29.7 Å². The van der Waals surface area contributed by atoms with Gasteiger partial charge in [-0.3, -0.25) is 4.98 Å². The lowest BCUT2D eigenvalue weighted by molar-refractivity contribution is 0.340. The Labute approximate surface area is 189 Å². The van der Waals surface area contributed by atoms with E-state index in [1.807, 2.05) is 26.0 Å². The molecule has 0 amide bonds. The lowest BCUT2D eigenvalue weighted by atomic mass is 10.1. The van der Waals surface area contributed by atoms with Gasteiger partial charge in [0.2, 0.25) is 10.0 Å². The van der Waals surface area contributed by atoms with E-state index in [-0.39, 0.29) is 17.2 Å². The zero-order chi connectivity index (χ0) is 23.2. The largest absolute Gasteiger partial charge is 0.494 e. The van der Waals surface area contributed by atoms with Crippen LogP contribution in [0, 0.1) is 6.92 Å². The summed E-state index contributed by atoms with van der Waals surface area (Å²) in [4.78, 5) is 4.09. The number of hydrogen-bond acceptors (Lipinski definition) is 6. The van der Waals surface area contributed by atoms with Crippen LogP contribution < -0.4 is 9.46 Å². The van der Waals surface area contributed by atoms with E-state index in [1.54, 1.807) is 36.4 Å². The molecule has 0 radical (unpaired) electrons. The number of nitrogens with one attached hydrogen (secondary N) is 1. The fourth-order valence-electron chi connectivity index (χ4n) is 3.26. The van der Waals surface area contributed by atoms with Crippen molar-refractivity contribution in [2.24, 2.45) is 0 Å². The standard InChI is InChI=1S/C23H26N2O5S2/c1-3-30-21-10-12-22(13-11-21)32(28,29)23(19-9-6-14-24-15-19)16-25-31(26,27)17-20-8-5-4-7-18(20)2/h4-15,23,25H,3,16-17H2,1-2H3. The molecule has 1 heterocycles. The highest BCUT2D eigenvalue weighted by molar-refractivity contribution is 7.92. The number of aromatic nitrogens is 1. The summed E-state index contributed by atoms with van der Waals surface area (Å²) < 4.78 is 60.2. The summed E-state index contributed by atoms with van der Waals surface area (Å²) in [6, 6.07) is 16.5. The fraction of sp³-hybridized carbons (Fsp3) is 0.261. The van der Waals surface area contributed by atoms with Crippen LogP contribution in [-0.2, 0) is 25.6 Å². The van der Waals surface area contributed by atoms with Crippen molar-refractivity contribution in [3.05, 3.63) is 89.7 Å². The molecular weight excluding hydrogens is 448 g/mol. The summed E-state index contributed by atoms with van der Waals surface area (Å²) in [5, 5.41) is -1.14. The normalized spacial score (nSPS) is 12.9. The van der Waals surface area contributed by atoms with Gasteiger partial charge in [-0.2, -0.15) is 0 Å². The first-order valence-electron chi connectivity index (χ1n) is 10.1. The van der Waals surface area contributed by atoms with E-state index in [0.717, 1.165) is 5.56 Å². The number of aryl methyl sites for hydroxylation is 1. The van der Waals surface area contributed by atoms with Gasteiger partial charge in [0.15, 0.2) is 9.84 Å². The quantitative estimate of drug-likeness (QED) is 0.483. The Morgan fingerprint density at radius 3 is 2.31 bits per heavy atom. The second-order valence-electron chi connectivity index (χ2n) is 7.26. The van der Waals surface area contributed by atoms with E-state index in [9.17, 15) is 16.8 Å². The zero-order valence-electron chi connectivity index (χ0n) is 17.9. The number of nitrogens with zero attached hydrogens (tertiary/aromatic N) is 1. The van der Waals surface area contributed by atoms with Gasteiger partial charge in [0.05, 0.1) is 17.3 Å². The number of ether oxygens (including phenoxy) is 1. The summed E-state index contributed by atoms with van der Waals surface area (Å²) in [5.74, 6) is 0.325. The maximum Gasteiger partial charge on any atom is 0.215 e. The molecule has 0 bridgehead atoms. The molecular formula is C23H26N2O5S2. The second-order valence-corrected chi connectivity index (χ2v) is 11.2. The minimum Gasteiger partial charge on any atom is -0.494 e. The Bertz CT molecular complexity index is 1240. The molecule has 32 heavy (non-hydrogen) atoms. The van der Waals surface area contributed by atoms with Gasteiger partial charge in [-0.1, -0.05) is 30.3 Å². The van der Waals surface area contributed by atoms with Gasteiger partial charge in [0, 0.05) is 18.9 Å². The molecule has 1 N–H and O–H groups in total. The van der Waals surface area contributed by atoms with Crippen molar-refractivity contribution in [1.82, 2.24) is 9.71 Å². The highest BCUT2D eigenvalue weighted by atomic mass is 32.2. The molecule has 2 aromatic carbocycles. The highest BCUT2D eigenvalue weighted by Crippen LogP contribution is 2.29. The van der Waals surface area contributed by atoms with Gasteiger partial charge in [0.1, 0.15) is 11.0 Å². The number of sulfonamides is 1. The number of rotatable bonds is 10. The molecule has 0 fully saturated rings. The number of pyridine rings is 1. The third kappa shape index (κ3) is 5.93. The van der Waals surface area contributed by atoms with Gasteiger partial charge in [-0.25, -0.2) is 21.6 Å². The van der Waals surface area contributed by atoms with E-state index in [4.69, 9.17) is 4.74 Å². The number of benzene rings is 2. The first-order valence-corrected chi connectivity index (χ1v) is 13.3. The predicted molar refractivity (Wildman–Crippen MR) is 124 cm³/mol. The molecule has 9 heteroatoms. The third-order valence-corrected chi connectivity index (χ3v) is 8.40. The molecule has 3 rings (SSSR count). The molecule has 0 saturated heterocycles. The molecule has 1 unspecified atom stereocenters. The zero-order valence-corrected chi connectivity index (χ0v) is 19.6. The Balaban J connectivity index is 1.87. The molecule has 1 aromatic heterocycles. The van der Waals surface area contributed by atoms with Crippen molar-refractivity contribution < 1.29 is 21.6 Å². The Hall–Kier alpha value is -2.75. The van der Waals surface area contributed by atoms with Crippen LogP contribution in [0.15, 0.2) is 78.0 Å². The summed E-state index contributed by atoms with van der Waals surface area (Å²) >= 11 is 0. The van der Waals surface area contributed by atoms with Crippen LogP contribution >= 0.6 is 0 Å². The maximum atomic E-state index is 13.4. The average molecular weight is 475 g/mol. The fourth-order valence-corrected chi connectivity index (χ4v) is 6.27. The van der Waals surface area contributed by atoms with Crippen LogP contribution in [0.1, 0.15) is 28.9 Å². The number of sulfone groups is 1. The molecule has 0 saturated carbocycles. The Kier molecular flexibility index (Phi) is 7.65. The first-order chi connectivity index (χ1) is 15.2. The molecule has 0 aliphatic rings. The molecule has 3 aromatic rings. The molecule has 0 spiro atoms. The monoisotopic (exact) mass is 474 g/mol. The van der Waals surface area contributed by atoms with E-state index in [2.05, 4.69) is 9.71 Å². The van der Waals surface area contributed by atoms with Crippen molar-refractivity contribution >= 4 is 19.9 Å². The summed E-state index contributed by atoms with van der Waals surface area (Å²) in [6.07, 6.45) is 2.97. The molecule has 0 aliphatic heterocycles. The summed E-state index contributed by atoms with van der Waals surface area (Å²) in [5.41, 5.74) is 1.91. The van der Waals surface area contributed by atoms with Gasteiger partial charge in [-0.15, -0.1) is 0 Å².